The number of carbonyl (C=O) groups is 1. The Labute approximate surface area is 93.2 Å². The number of nitrogens with zero attached hydrogens (tertiary/aromatic N) is 2. The van der Waals surface area contributed by atoms with Crippen molar-refractivity contribution in [3.05, 3.63) is 54.1 Å². The number of aromatic carboxylic acids is 1. The summed E-state index contributed by atoms with van der Waals surface area (Å²) in [5.41, 5.74) is 1.33. The van der Waals surface area contributed by atoms with Crippen molar-refractivity contribution in [2.75, 3.05) is 0 Å². The smallest absolute Gasteiger partial charge is 0.337 e. The van der Waals surface area contributed by atoms with Gasteiger partial charge < -0.3 is 9.67 Å². The Morgan fingerprint density at radius 2 is 2.25 bits per heavy atom. The van der Waals surface area contributed by atoms with E-state index < -0.39 is 5.97 Å². The van der Waals surface area contributed by atoms with E-state index in [1.54, 1.807) is 24.7 Å². The number of hydrogen-bond donors (Lipinski definition) is 1. The summed E-state index contributed by atoms with van der Waals surface area (Å²) >= 11 is 0. The highest BCUT2D eigenvalue weighted by Crippen LogP contribution is 2.03. The molecule has 0 atom stereocenters. The maximum Gasteiger partial charge on any atom is 0.337 e. The van der Waals surface area contributed by atoms with Gasteiger partial charge in [-0.1, -0.05) is 6.07 Å². The van der Waals surface area contributed by atoms with Gasteiger partial charge in [0.15, 0.2) is 0 Å². The minimum Gasteiger partial charge on any atom is -0.478 e. The average molecular weight is 216 g/mol. The number of rotatable bonds is 4. The van der Waals surface area contributed by atoms with Gasteiger partial charge >= 0.3 is 5.97 Å². The number of hydrogen-bond acceptors (Lipinski definition) is 2. The Bertz CT molecular complexity index is 477. The summed E-state index contributed by atoms with van der Waals surface area (Å²) in [6, 6.07) is 7.38. The van der Waals surface area contributed by atoms with Crippen molar-refractivity contribution in [1.82, 2.24) is 9.55 Å². The van der Waals surface area contributed by atoms with Crippen LogP contribution in [0.25, 0.3) is 0 Å². The first kappa shape index (κ1) is 10.4. The Hall–Kier alpha value is -2.10. The van der Waals surface area contributed by atoms with Gasteiger partial charge in [0.2, 0.25) is 0 Å². The van der Waals surface area contributed by atoms with Crippen LogP contribution in [0.2, 0.25) is 0 Å². The molecule has 0 amide bonds. The first-order valence-electron chi connectivity index (χ1n) is 5.05. The molecule has 1 N–H and O–H groups in total. The van der Waals surface area contributed by atoms with Crippen LogP contribution >= 0.6 is 0 Å². The molecule has 0 saturated carbocycles. The summed E-state index contributed by atoms with van der Waals surface area (Å²) < 4.78 is 1.86. The molecule has 0 aliphatic carbocycles. The molecule has 2 aromatic rings. The first-order valence-corrected chi connectivity index (χ1v) is 5.05. The third kappa shape index (κ3) is 2.48. The predicted molar refractivity (Wildman–Crippen MR) is 59.3 cm³/mol. The third-order valence-electron chi connectivity index (χ3n) is 2.35. The van der Waals surface area contributed by atoms with E-state index in [1.165, 1.54) is 0 Å². The fourth-order valence-corrected chi connectivity index (χ4v) is 1.50. The van der Waals surface area contributed by atoms with E-state index in [0.717, 1.165) is 18.7 Å². The monoisotopic (exact) mass is 216 g/mol. The Morgan fingerprint density at radius 1 is 1.38 bits per heavy atom. The first-order chi connectivity index (χ1) is 7.75. The van der Waals surface area contributed by atoms with E-state index in [9.17, 15) is 4.79 Å². The van der Waals surface area contributed by atoms with Gasteiger partial charge in [-0.05, 0) is 18.2 Å². The minimum absolute atomic E-state index is 0.320. The lowest BCUT2D eigenvalue weighted by Gasteiger charge is -2.01. The van der Waals surface area contributed by atoms with Gasteiger partial charge in [-0.25, -0.2) is 4.79 Å². The van der Waals surface area contributed by atoms with Crippen LogP contribution in [0.5, 0.6) is 0 Å². The Morgan fingerprint density at radius 3 is 2.88 bits per heavy atom. The lowest BCUT2D eigenvalue weighted by Crippen LogP contribution is -2.00. The van der Waals surface area contributed by atoms with Crippen LogP contribution in [-0.4, -0.2) is 20.6 Å². The molecule has 0 spiro atoms. The van der Waals surface area contributed by atoms with Crippen LogP contribution in [0.1, 0.15) is 16.1 Å². The van der Waals surface area contributed by atoms with Crippen molar-refractivity contribution in [2.45, 2.75) is 13.0 Å². The van der Waals surface area contributed by atoms with E-state index in [2.05, 4.69) is 4.98 Å². The van der Waals surface area contributed by atoms with Crippen molar-refractivity contribution < 1.29 is 9.90 Å². The lowest BCUT2D eigenvalue weighted by atomic mass is 10.3. The number of carboxylic acid groups (broad SMARTS) is 1. The predicted octanol–water partition coefficient (Wildman–Crippen LogP) is 1.82. The van der Waals surface area contributed by atoms with Gasteiger partial charge in [-0.3, -0.25) is 4.98 Å². The van der Waals surface area contributed by atoms with Crippen LogP contribution in [-0.2, 0) is 13.0 Å². The highest BCUT2D eigenvalue weighted by Gasteiger charge is 2.04. The van der Waals surface area contributed by atoms with Crippen LogP contribution in [0.15, 0.2) is 42.9 Å². The van der Waals surface area contributed by atoms with Crippen molar-refractivity contribution >= 4 is 5.97 Å². The molecule has 4 nitrogen and oxygen atoms in total. The fourth-order valence-electron chi connectivity index (χ4n) is 1.50. The molecular formula is C12H12N2O2. The van der Waals surface area contributed by atoms with Crippen LogP contribution < -0.4 is 0 Å². The maximum absolute atomic E-state index is 10.7. The number of pyridine rings is 1. The van der Waals surface area contributed by atoms with Crippen LogP contribution in [0.4, 0.5) is 0 Å². The van der Waals surface area contributed by atoms with E-state index in [1.807, 2.05) is 22.8 Å². The van der Waals surface area contributed by atoms with Gasteiger partial charge in [0, 0.05) is 37.3 Å². The zero-order valence-electron chi connectivity index (χ0n) is 8.71. The third-order valence-corrected chi connectivity index (χ3v) is 2.35. The molecule has 0 aliphatic rings. The van der Waals surface area contributed by atoms with Crippen molar-refractivity contribution in [2.24, 2.45) is 0 Å². The van der Waals surface area contributed by atoms with Gasteiger partial charge in [-0.15, -0.1) is 0 Å². The quantitative estimate of drug-likeness (QED) is 0.848. The molecule has 0 bridgehead atoms. The topological polar surface area (TPSA) is 55.1 Å². The molecule has 0 aromatic carbocycles. The molecule has 0 radical (unpaired) electrons. The summed E-state index contributed by atoms with van der Waals surface area (Å²) in [5, 5.41) is 8.76. The Balaban J connectivity index is 1.97. The van der Waals surface area contributed by atoms with E-state index >= 15 is 0 Å². The van der Waals surface area contributed by atoms with Crippen LogP contribution in [0.3, 0.4) is 0 Å². The second-order valence-corrected chi connectivity index (χ2v) is 3.51. The summed E-state index contributed by atoms with van der Waals surface area (Å²) in [7, 11) is 0. The highest BCUT2D eigenvalue weighted by atomic mass is 16.4. The molecule has 4 heteroatoms. The summed E-state index contributed by atoms with van der Waals surface area (Å²) in [6.07, 6.45) is 5.96. The normalized spacial score (nSPS) is 10.2. The fraction of sp³-hybridized carbons (Fsp3) is 0.167. The molecule has 0 saturated heterocycles. The lowest BCUT2D eigenvalue weighted by molar-refractivity contribution is 0.0697. The molecule has 82 valence electrons. The highest BCUT2D eigenvalue weighted by molar-refractivity contribution is 5.87. The zero-order chi connectivity index (χ0) is 11.4. The van der Waals surface area contributed by atoms with E-state index in [-0.39, 0.29) is 0 Å². The summed E-state index contributed by atoms with van der Waals surface area (Å²) in [5.74, 6) is -0.892. The molecule has 2 heterocycles. The summed E-state index contributed by atoms with van der Waals surface area (Å²) in [4.78, 5) is 14.9. The maximum atomic E-state index is 10.7. The van der Waals surface area contributed by atoms with Crippen LogP contribution in [0, 0.1) is 0 Å². The standard InChI is InChI=1S/C12H12N2O2/c15-12(16)10-4-7-14(9-10)8-5-11-3-1-2-6-13-11/h1-4,6-7,9H,5,8H2,(H,15,16). The Kier molecular flexibility index (Phi) is 3.00. The average Bonchev–Trinajstić information content (AvgIpc) is 2.76. The second-order valence-electron chi connectivity index (χ2n) is 3.51. The number of aromatic nitrogens is 2. The number of aryl methyl sites for hydroxylation is 2. The van der Waals surface area contributed by atoms with Gasteiger partial charge in [0.25, 0.3) is 0 Å². The van der Waals surface area contributed by atoms with E-state index in [4.69, 9.17) is 5.11 Å². The SMILES string of the molecule is O=C(O)c1ccn(CCc2ccccn2)c1. The van der Waals surface area contributed by atoms with Gasteiger partial charge in [0.05, 0.1) is 5.56 Å². The van der Waals surface area contributed by atoms with Crippen molar-refractivity contribution in [3.8, 4) is 0 Å². The van der Waals surface area contributed by atoms with Crippen molar-refractivity contribution in [1.29, 1.82) is 0 Å². The van der Waals surface area contributed by atoms with Crippen molar-refractivity contribution in [3.63, 3.8) is 0 Å². The molecular weight excluding hydrogens is 204 g/mol. The van der Waals surface area contributed by atoms with Gasteiger partial charge in [-0.2, -0.15) is 0 Å². The number of carboxylic acids is 1. The largest absolute Gasteiger partial charge is 0.478 e. The molecule has 2 aromatic heterocycles. The molecule has 0 fully saturated rings. The molecule has 0 unspecified atom stereocenters. The van der Waals surface area contributed by atoms with E-state index in [0.29, 0.717) is 5.56 Å². The second kappa shape index (κ2) is 4.61. The zero-order valence-corrected chi connectivity index (χ0v) is 8.71. The minimum atomic E-state index is -0.892. The molecule has 0 aliphatic heterocycles. The summed E-state index contributed by atoms with van der Waals surface area (Å²) in [6.45, 7) is 0.740. The van der Waals surface area contributed by atoms with Gasteiger partial charge in [0.1, 0.15) is 0 Å². The molecule has 16 heavy (non-hydrogen) atoms. The molecule has 2 rings (SSSR count).